The first-order valence-corrected chi connectivity index (χ1v) is 8.03. The summed E-state index contributed by atoms with van der Waals surface area (Å²) in [6, 6.07) is 14.7. The minimum Gasteiger partial charge on any atom is -0.434 e. The zero-order valence-corrected chi connectivity index (χ0v) is 14.2. The van der Waals surface area contributed by atoms with Crippen LogP contribution in [0, 0.1) is 0 Å². The van der Waals surface area contributed by atoms with Crippen molar-refractivity contribution in [3.05, 3.63) is 76.9 Å². The summed E-state index contributed by atoms with van der Waals surface area (Å²) in [4.78, 5) is 12.3. The van der Waals surface area contributed by atoms with Gasteiger partial charge in [-0.3, -0.25) is 9.48 Å². The van der Waals surface area contributed by atoms with E-state index in [-0.39, 0.29) is 17.1 Å². The number of ether oxygens (including phenoxy) is 1. The second kappa shape index (κ2) is 7.97. The van der Waals surface area contributed by atoms with Gasteiger partial charge in [0.05, 0.1) is 12.1 Å². The van der Waals surface area contributed by atoms with Gasteiger partial charge in [-0.15, -0.1) is 0 Å². The molecule has 2 aromatic carbocycles. The van der Waals surface area contributed by atoms with Crippen LogP contribution in [0.3, 0.4) is 0 Å². The van der Waals surface area contributed by atoms with Crippen molar-refractivity contribution >= 4 is 23.3 Å². The number of benzene rings is 2. The molecule has 0 saturated carbocycles. The predicted molar refractivity (Wildman–Crippen MR) is 93.8 cm³/mol. The summed E-state index contributed by atoms with van der Waals surface area (Å²) in [5.41, 5.74) is 0.874. The van der Waals surface area contributed by atoms with E-state index in [0.29, 0.717) is 11.6 Å². The van der Waals surface area contributed by atoms with Gasteiger partial charge in [0, 0.05) is 17.3 Å². The topological polar surface area (TPSA) is 56.2 Å². The van der Waals surface area contributed by atoms with Gasteiger partial charge in [-0.1, -0.05) is 41.9 Å². The molecule has 1 aromatic heterocycles. The van der Waals surface area contributed by atoms with Gasteiger partial charge in [0.15, 0.2) is 5.82 Å². The van der Waals surface area contributed by atoms with Crippen LogP contribution in [-0.2, 0) is 6.54 Å². The highest BCUT2D eigenvalue weighted by molar-refractivity contribution is 6.31. The molecule has 1 heterocycles. The van der Waals surface area contributed by atoms with Crippen LogP contribution in [0.2, 0.25) is 5.02 Å². The normalized spacial score (nSPS) is 10.8. The number of carbonyl (C=O) groups is 1. The lowest BCUT2D eigenvalue weighted by Gasteiger charge is -2.09. The smallest absolute Gasteiger partial charge is 0.387 e. The highest BCUT2D eigenvalue weighted by Gasteiger charge is 2.16. The summed E-state index contributed by atoms with van der Waals surface area (Å²) < 4.78 is 30.9. The average Bonchev–Trinajstić information content (AvgIpc) is 3.04. The van der Waals surface area contributed by atoms with Crippen LogP contribution in [0.15, 0.2) is 60.8 Å². The molecular formula is C18H14ClF2N3O2. The Kier molecular flexibility index (Phi) is 5.48. The van der Waals surface area contributed by atoms with Crippen LogP contribution in [-0.4, -0.2) is 22.3 Å². The number of alkyl halides is 2. The molecule has 0 saturated heterocycles. The van der Waals surface area contributed by atoms with Gasteiger partial charge in [0.2, 0.25) is 0 Å². The average molecular weight is 378 g/mol. The third-order valence-corrected chi connectivity index (χ3v) is 3.89. The lowest BCUT2D eigenvalue weighted by Crippen LogP contribution is -2.15. The first-order chi connectivity index (χ1) is 12.5. The summed E-state index contributed by atoms with van der Waals surface area (Å²) in [6.45, 7) is -2.58. The molecule has 0 aliphatic carbocycles. The number of hydrogen-bond acceptors (Lipinski definition) is 3. The molecule has 0 spiro atoms. The molecule has 134 valence electrons. The van der Waals surface area contributed by atoms with E-state index in [1.165, 1.54) is 18.2 Å². The first-order valence-electron chi connectivity index (χ1n) is 7.65. The van der Waals surface area contributed by atoms with Gasteiger partial charge in [-0.25, -0.2) is 0 Å². The molecule has 0 bridgehead atoms. The Balaban J connectivity index is 1.71. The molecule has 0 unspecified atom stereocenters. The molecule has 0 atom stereocenters. The van der Waals surface area contributed by atoms with Crippen molar-refractivity contribution in [1.29, 1.82) is 0 Å². The lowest BCUT2D eigenvalue weighted by molar-refractivity contribution is -0.0501. The number of rotatable bonds is 6. The van der Waals surface area contributed by atoms with Crippen LogP contribution in [0.4, 0.5) is 14.6 Å². The number of anilines is 1. The third-order valence-electron chi connectivity index (χ3n) is 3.52. The second-order valence-electron chi connectivity index (χ2n) is 5.32. The molecular weight excluding hydrogens is 364 g/mol. The third kappa shape index (κ3) is 4.37. The monoisotopic (exact) mass is 377 g/mol. The lowest BCUT2D eigenvalue weighted by atomic mass is 10.2. The fourth-order valence-corrected chi connectivity index (χ4v) is 2.55. The van der Waals surface area contributed by atoms with Crippen molar-refractivity contribution in [2.75, 3.05) is 5.32 Å². The predicted octanol–water partition coefficient (Wildman–Crippen LogP) is 4.44. The summed E-state index contributed by atoms with van der Waals surface area (Å²) in [6.07, 6.45) is 1.68. The van der Waals surface area contributed by atoms with Gasteiger partial charge in [0.25, 0.3) is 5.91 Å². The van der Waals surface area contributed by atoms with Crippen LogP contribution >= 0.6 is 11.6 Å². The van der Waals surface area contributed by atoms with Crippen LogP contribution in [0.5, 0.6) is 5.75 Å². The number of hydrogen-bond donors (Lipinski definition) is 1. The zero-order chi connectivity index (χ0) is 18.5. The quantitative estimate of drug-likeness (QED) is 0.691. The SMILES string of the molecule is O=C(Nc1ccn(Cc2ccccc2Cl)n1)c1ccccc1OC(F)F. The molecule has 3 rings (SSSR count). The Morgan fingerprint density at radius 1 is 1.15 bits per heavy atom. The summed E-state index contributed by atoms with van der Waals surface area (Å²) in [5, 5.41) is 7.42. The molecule has 0 radical (unpaired) electrons. The van der Waals surface area contributed by atoms with Crippen LogP contribution in [0.25, 0.3) is 0 Å². The van der Waals surface area contributed by atoms with Crippen LogP contribution < -0.4 is 10.1 Å². The highest BCUT2D eigenvalue weighted by Crippen LogP contribution is 2.21. The molecule has 0 fully saturated rings. The molecule has 0 aliphatic rings. The van der Waals surface area contributed by atoms with E-state index in [1.54, 1.807) is 29.1 Å². The molecule has 0 aliphatic heterocycles. The first kappa shape index (κ1) is 17.9. The van der Waals surface area contributed by atoms with E-state index >= 15 is 0 Å². The Morgan fingerprint density at radius 3 is 2.65 bits per heavy atom. The maximum Gasteiger partial charge on any atom is 0.387 e. The zero-order valence-electron chi connectivity index (χ0n) is 13.4. The maximum atomic E-state index is 12.5. The van der Waals surface area contributed by atoms with Crippen molar-refractivity contribution in [2.24, 2.45) is 0 Å². The van der Waals surface area contributed by atoms with E-state index in [1.807, 2.05) is 18.2 Å². The van der Waals surface area contributed by atoms with Gasteiger partial charge in [-0.05, 0) is 23.8 Å². The molecule has 1 amide bonds. The Morgan fingerprint density at radius 2 is 1.88 bits per heavy atom. The van der Waals surface area contributed by atoms with E-state index < -0.39 is 12.5 Å². The van der Waals surface area contributed by atoms with Crippen molar-refractivity contribution in [2.45, 2.75) is 13.2 Å². The van der Waals surface area contributed by atoms with E-state index in [2.05, 4.69) is 15.2 Å². The largest absolute Gasteiger partial charge is 0.434 e. The second-order valence-corrected chi connectivity index (χ2v) is 5.73. The summed E-state index contributed by atoms with van der Waals surface area (Å²) in [5.74, 6) is -0.506. The molecule has 26 heavy (non-hydrogen) atoms. The minimum absolute atomic E-state index is 0.00606. The Hall–Kier alpha value is -2.93. The van der Waals surface area contributed by atoms with Gasteiger partial charge >= 0.3 is 6.61 Å². The maximum absolute atomic E-state index is 12.5. The number of amides is 1. The number of nitrogens with zero attached hydrogens (tertiary/aromatic N) is 2. The number of aromatic nitrogens is 2. The van der Waals surface area contributed by atoms with Gasteiger partial charge in [0.1, 0.15) is 5.75 Å². The van der Waals surface area contributed by atoms with Crippen molar-refractivity contribution < 1.29 is 18.3 Å². The number of nitrogens with one attached hydrogen (secondary N) is 1. The van der Waals surface area contributed by atoms with Gasteiger partial charge in [-0.2, -0.15) is 13.9 Å². The van der Waals surface area contributed by atoms with Crippen molar-refractivity contribution in [3.63, 3.8) is 0 Å². The number of carbonyl (C=O) groups excluding carboxylic acids is 1. The summed E-state index contributed by atoms with van der Waals surface area (Å²) in [7, 11) is 0. The summed E-state index contributed by atoms with van der Waals surface area (Å²) >= 11 is 6.12. The highest BCUT2D eigenvalue weighted by atomic mass is 35.5. The number of para-hydroxylation sites is 1. The molecule has 8 heteroatoms. The Bertz CT molecular complexity index is 915. The van der Waals surface area contributed by atoms with Crippen molar-refractivity contribution in [3.8, 4) is 5.75 Å². The molecule has 5 nitrogen and oxygen atoms in total. The number of halogens is 3. The van der Waals surface area contributed by atoms with Crippen molar-refractivity contribution in [1.82, 2.24) is 9.78 Å². The minimum atomic E-state index is -3.02. The molecule has 1 N–H and O–H groups in total. The van der Waals surface area contributed by atoms with Gasteiger partial charge < -0.3 is 10.1 Å². The van der Waals surface area contributed by atoms with E-state index in [9.17, 15) is 13.6 Å². The van der Waals surface area contributed by atoms with E-state index in [0.717, 1.165) is 5.56 Å². The Labute approximate surface area is 153 Å². The molecule has 3 aromatic rings. The standard InChI is InChI=1S/C18H14ClF2N3O2/c19-14-7-3-1-5-12(14)11-24-10-9-16(23-24)22-17(25)13-6-2-4-8-15(13)26-18(20)21/h1-10,18H,11H2,(H,22,23,25). The fraction of sp³-hybridized carbons (Fsp3) is 0.111. The van der Waals surface area contributed by atoms with E-state index in [4.69, 9.17) is 11.6 Å². The fourth-order valence-electron chi connectivity index (χ4n) is 2.35. The van der Waals surface area contributed by atoms with Crippen LogP contribution in [0.1, 0.15) is 15.9 Å².